The zero-order valence-corrected chi connectivity index (χ0v) is 11.1. The van der Waals surface area contributed by atoms with Gasteiger partial charge >= 0.3 is 0 Å². The van der Waals surface area contributed by atoms with Crippen LogP contribution in [0, 0.1) is 0 Å². The predicted molar refractivity (Wildman–Crippen MR) is 71.4 cm³/mol. The Balaban J connectivity index is 2.24. The molecule has 19 heavy (non-hydrogen) atoms. The first-order chi connectivity index (χ1) is 9.27. The lowest BCUT2D eigenvalue weighted by atomic mass is 10.2. The molecule has 0 aliphatic heterocycles. The van der Waals surface area contributed by atoms with E-state index < -0.39 is 0 Å². The molecule has 1 aromatic rings. The molecule has 104 valence electrons. The topological polar surface area (TPSA) is 64.6 Å². The van der Waals surface area contributed by atoms with Crippen LogP contribution in [0.3, 0.4) is 0 Å². The van der Waals surface area contributed by atoms with Gasteiger partial charge in [0.15, 0.2) is 12.9 Å². The Labute approximate surface area is 112 Å². The molecular formula is C14H19NO4. The lowest BCUT2D eigenvalue weighted by Gasteiger charge is -2.08. The summed E-state index contributed by atoms with van der Waals surface area (Å²) >= 11 is 0. The second kappa shape index (κ2) is 9.10. The van der Waals surface area contributed by atoms with Crippen LogP contribution in [0.5, 0.6) is 5.75 Å². The SMILES string of the molecule is CCOCCCNC(=O)COc1ccccc1C=O. The molecule has 0 atom stereocenters. The third-order valence-corrected chi connectivity index (χ3v) is 2.40. The van der Waals surface area contributed by atoms with Gasteiger partial charge in [-0.3, -0.25) is 9.59 Å². The number of rotatable bonds is 9. The van der Waals surface area contributed by atoms with Crippen molar-refractivity contribution in [2.24, 2.45) is 0 Å². The largest absolute Gasteiger partial charge is 0.483 e. The molecule has 0 aromatic heterocycles. The molecule has 0 bridgehead atoms. The molecule has 0 aliphatic rings. The molecule has 0 spiro atoms. The molecule has 1 rings (SSSR count). The number of para-hydroxylation sites is 1. The van der Waals surface area contributed by atoms with Crippen molar-refractivity contribution >= 4 is 12.2 Å². The molecule has 0 unspecified atom stereocenters. The quantitative estimate of drug-likeness (QED) is 0.542. The van der Waals surface area contributed by atoms with Crippen LogP contribution in [-0.2, 0) is 9.53 Å². The third-order valence-electron chi connectivity index (χ3n) is 2.40. The second-order valence-electron chi connectivity index (χ2n) is 3.84. The molecule has 5 nitrogen and oxygen atoms in total. The Morgan fingerprint density at radius 1 is 1.37 bits per heavy atom. The van der Waals surface area contributed by atoms with Crippen molar-refractivity contribution in [2.45, 2.75) is 13.3 Å². The maximum Gasteiger partial charge on any atom is 0.257 e. The van der Waals surface area contributed by atoms with E-state index in [1.165, 1.54) is 0 Å². The van der Waals surface area contributed by atoms with Gasteiger partial charge in [-0.15, -0.1) is 0 Å². The lowest BCUT2D eigenvalue weighted by Crippen LogP contribution is -2.30. The first-order valence-electron chi connectivity index (χ1n) is 6.29. The fourth-order valence-electron chi connectivity index (χ4n) is 1.45. The highest BCUT2D eigenvalue weighted by atomic mass is 16.5. The average Bonchev–Trinajstić information content (AvgIpc) is 2.45. The Morgan fingerprint density at radius 2 is 2.16 bits per heavy atom. The Morgan fingerprint density at radius 3 is 2.89 bits per heavy atom. The number of amides is 1. The van der Waals surface area contributed by atoms with Crippen molar-refractivity contribution in [3.05, 3.63) is 29.8 Å². The standard InChI is InChI=1S/C14H19NO4/c1-2-18-9-5-8-15-14(17)11-19-13-7-4-3-6-12(13)10-16/h3-4,6-7,10H,2,5,8-9,11H2,1H3,(H,15,17). The van der Waals surface area contributed by atoms with Gasteiger partial charge in [-0.2, -0.15) is 0 Å². The van der Waals surface area contributed by atoms with Gasteiger partial charge in [0, 0.05) is 19.8 Å². The first-order valence-corrected chi connectivity index (χ1v) is 6.29. The van der Waals surface area contributed by atoms with E-state index in [1.54, 1.807) is 24.3 Å². The van der Waals surface area contributed by atoms with Gasteiger partial charge in [0.2, 0.25) is 0 Å². The second-order valence-corrected chi connectivity index (χ2v) is 3.84. The number of hydrogen-bond donors (Lipinski definition) is 1. The van der Waals surface area contributed by atoms with Crippen LogP contribution in [0.4, 0.5) is 0 Å². The summed E-state index contributed by atoms with van der Waals surface area (Å²) in [6.45, 7) is 3.69. The summed E-state index contributed by atoms with van der Waals surface area (Å²) in [6.07, 6.45) is 1.47. The van der Waals surface area contributed by atoms with Crippen molar-refractivity contribution in [3.8, 4) is 5.75 Å². The molecule has 0 radical (unpaired) electrons. The molecule has 0 heterocycles. The number of aldehydes is 1. The van der Waals surface area contributed by atoms with Gasteiger partial charge in [-0.25, -0.2) is 0 Å². The number of carbonyl (C=O) groups is 2. The average molecular weight is 265 g/mol. The Bertz CT molecular complexity index is 406. The zero-order valence-electron chi connectivity index (χ0n) is 11.1. The normalized spacial score (nSPS) is 9.95. The highest BCUT2D eigenvalue weighted by Gasteiger charge is 2.05. The molecule has 0 fully saturated rings. The number of nitrogens with one attached hydrogen (secondary N) is 1. The first kappa shape index (κ1) is 15.2. The summed E-state index contributed by atoms with van der Waals surface area (Å²) in [4.78, 5) is 22.2. The van der Waals surface area contributed by atoms with Crippen molar-refractivity contribution in [1.82, 2.24) is 5.32 Å². The van der Waals surface area contributed by atoms with E-state index in [2.05, 4.69) is 5.32 Å². The van der Waals surface area contributed by atoms with Crippen molar-refractivity contribution in [1.29, 1.82) is 0 Å². The molecule has 0 saturated heterocycles. The van der Waals surface area contributed by atoms with Crippen LogP contribution in [0.15, 0.2) is 24.3 Å². The highest BCUT2D eigenvalue weighted by Crippen LogP contribution is 2.15. The monoisotopic (exact) mass is 265 g/mol. The van der Waals surface area contributed by atoms with Gasteiger partial charge in [-0.1, -0.05) is 12.1 Å². The van der Waals surface area contributed by atoms with Crippen LogP contribution < -0.4 is 10.1 Å². The predicted octanol–water partition coefficient (Wildman–Crippen LogP) is 1.42. The lowest BCUT2D eigenvalue weighted by molar-refractivity contribution is -0.123. The van der Waals surface area contributed by atoms with Crippen molar-refractivity contribution in [3.63, 3.8) is 0 Å². The Kier molecular flexibility index (Phi) is 7.27. The summed E-state index contributed by atoms with van der Waals surface area (Å²) < 4.78 is 10.4. The van der Waals surface area contributed by atoms with E-state index >= 15 is 0 Å². The summed E-state index contributed by atoms with van der Waals surface area (Å²) in [6, 6.07) is 6.79. The third kappa shape index (κ3) is 6.01. The maximum absolute atomic E-state index is 11.5. The summed E-state index contributed by atoms with van der Waals surface area (Å²) in [7, 11) is 0. The number of benzene rings is 1. The van der Waals surface area contributed by atoms with Crippen LogP contribution in [0.1, 0.15) is 23.7 Å². The Hall–Kier alpha value is -1.88. The smallest absolute Gasteiger partial charge is 0.257 e. The number of carbonyl (C=O) groups excluding carboxylic acids is 2. The minimum absolute atomic E-state index is 0.0977. The summed E-state index contributed by atoms with van der Waals surface area (Å²) in [5.41, 5.74) is 0.437. The minimum Gasteiger partial charge on any atom is -0.483 e. The zero-order chi connectivity index (χ0) is 13.9. The van der Waals surface area contributed by atoms with E-state index in [0.29, 0.717) is 37.4 Å². The molecule has 1 amide bonds. The van der Waals surface area contributed by atoms with Gasteiger partial charge in [0.25, 0.3) is 5.91 Å². The van der Waals surface area contributed by atoms with Crippen LogP contribution in [0.2, 0.25) is 0 Å². The summed E-state index contributed by atoms with van der Waals surface area (Å²) in [5, 5.41) is 2.72. The number of ether oxygens (including phenoxy) is 2. The maximum atomic E-state index is 11.5. The summed E-state index contributed by atoms with van der Waals surface area (Å²) in [5.74, 6) is 0.208. The highest BCUT2D eigenvalue weighted by molar-refractivity contribution is 5.80. The number of hydrogen-bond acceptors (Lipinski definition) is 4. The van der Waals surface area contributed by atoms with Crippen LogP contribution in [-0.4, -0.2) is 38.6 Å². The van der Waals surface area contributed by atoms with E-state index in [1.807, 2.05) is 6.92 Å². The van der Waals surface area contributed by atoms with Crippen LogP contribution >= 0.6 is 0 Å². The van der Waals surface area contributed by atoms with E-state index in [9.17, 15) is 9.59 Å². The van der Waals surface area contributed by atoms with Crippen LogP contribution in [0.25, 0.3) is 0 Å². The molecule has 0 saturated carbocycles. The van der Waals surface area contributed by atoms with Crippen molar-refractivity contribution < 1.29 is 19.1 Å². The van der Waals surface area contributed by atoms with Crippen molar-refractivity contribution in [2.75, 3.05) is 26.4 Å². The van der Waals surface area contributed by atoms with Gasteiger partial charge < -0.3 is 14.8 Å². The van der Waals surface area contributed by atoms with Gasteiger partial charge in [0.05, 0.1) is 5.56 Å². The minimum atomic E-state index is -0.211. The van der Waals surface area contributed by atoms with E-state index in [-0.39, 0.29) is 12.5 Å². The molecule has 1 aromatic carbocycles. The molecule has 5 heteroatoms. The molecular weight excluding hydrogens is 246 g/mol. The van der Waals surface area contributed by atoms with Gasteiger partial charge in [0.1, 0.15) is 5.75 Å². The van der Waals surface area contributed by atoms with E-state index in [4.69, 9.17) is 9.47 Å². The van der Waals surface area contributed by atoms with Gasteiger partial charge in [-0.05, 0) is 25.5 Å². The molecule has 0 aliphatic carbocycles. The fraction of sp³-hybridized carbons (Fsp3) is 0.429. The van der Waals surface area contributed by atoms with E-state index in [0.717, 1.165) is 6.42 Å². The molecule has 1 N–H and O–H groups in total. The fourth-order valence-corrected chi connectivity index (χ4v) is 1.45.